The molecule has 4 rings (SSSR count). The summed E-state index contributed by atoms with van der Waals surface area (Å²) in [6, 6.07) is 8.01. The van der Waals surface area contributed by atoms with Gasteiger partial charge in [-0.1, -0.05) is 18.2 Å². The molecule has 2 aromatic rings. The van der Waals surface area contributed by atoms with E-state index >= 15 is 0 Å². The Hall–Kier alpha value is -2.90. The summed E-state index contributed by atoms with van der Waals surface area (Å²) >= 11 is 0. The van der Waals surface area contributed by atoms with Gasteiger partial charge >= 0.3 is 0 Å². The minimum absolute atomic E-state index is 0.125. The van der Waals surface area contributed by atoms with Crippen LogP contribution in [0.4, 0.5) is 5.69 Å². The molecule has 7 heteroatoms. The second-order valence-corrected chi connectivity index (χ2v) is 8.43. The molecule has 0 spiro atoms. The summed E-state index contributed by atoms with van der Waals surface area (Å²) in [7, 11) is 0. The third-order valence-electron chi connectivity index (χ3n) is 5.88. The number of anilines is 1. The monoisotopic (exact) mass is 451 g/mol. The Morgan fingerprint density at radius 1 is 1.27 bits per heavy atom. The average Bonchev–Trinajstić information content (AvgIpc) is 3.60. The molecular formula is C26H33N3O4. The molecule has 1 saturated heterocycles. The van der Waals surface area contributed by atoms with E-state index in [-0.39, 0.29) is 18.0 Å². The van der Waals surface area contributed by atoms with Gasteiger partial charge in [0.05, 0.1) is 25.0 Å². The van der Waals surface area contributed by atoms with Gasteiger partial charge in [0.25, 0.3) is 5.91 Å². The van der Waals surface area contributed by atoms with Gasteiger partial charge in [0.2, 0.25) is 0 Å². The molecule has 1 aliphatic carbocycles. The molecule has 1 atom stereocenters. The van der Waals surface area contributed by atoms with Gasteiger partial charge in [-0.2, -0.15) is 5.10 Å². The van der Waals surface area contributed by atoms with E-state index in [1.54, 1.807) is 34.9 Å². The first-order valence-electron chi connectivity index (χ1n) is 11.8. The molecule has 1 aromatic heterocycles. The largest absolute Gasteiger partial charge is 0.452 e. The van der Waals surface area contributed by atoms with Gasteiger partial charge in [-0.3, -0.25) is 14.4 Å². The van der Waals surface area contributed by atoms with Gasteiger partial charge in [0, 0.05) is 19.3 Å². The number of allylic oxidation sites excluding steroid dienone is 1. The average molecular weight is 452 g/mol. The zero-order chi connectivity index (χ0) is 23.0. The highest BCUT2D eigenvalue weighted by molar-refractivity contribution is 6.04. The highest BCUT2D eigenvalue weighted by Crippen LogP contribution is 2.40. The lowest BCUT2D eigenvalue weighted by molar-refractivity contribution is -0.163. The summed E-state index contributed by atoms with van der Waals surface area (Å²) in [5.41, 5.74) is 2.01. The highest BCUT2D eigenvalue weighted by atomic mass is 16.7. The van der Waals surface area contributed by atoms with Gasteiger partial charge in [0.1, 0.15) is 5.75 Å². The summed E-state index contributed by atoms with van der Waals surface area (Å²) in [6.45, 7) is 7.79. The lowest BCUT2D eigenvalue weighted by Gasteiger charge is -2.22. The van der Waals surface area contributed by atoms with Crippen LogP contribution in [0.2, 0.25) is 0 Å². The number of nitrogens with zero attached hydrogens (tertiary/aromatic N) is 3. The molecule has 176 valence electrons. The summed E-state index contributed by atoms with van der Waals surface area (Å²) in [5.74, 6) is 1.36. The maximum atomic E-state index is 13.3. The highest BCUT2D eigenvalue weighted by Gasteiger charge is 2.24. The van der Waals surface area contributed by atoms with Crippen LogP contribution in [0.3, 0.4) is 0 Å². The van der Waals surface area contributed by atoms with Crippen molar-refractivity contribution >= 4 is 11.6 Å². The third-order valence-corrected chi connectivity index (χ3v) is 5.88. The number of benzene rings is 1. The van der Waals surface area contributed by atoms with Crippen LogP contribution in [0.15, 0.2) is 61.1 Å². The first-order chi connectivity index (χ1) is 16.2. The van der Waals surface area contributed by atoms with Gasteiger partial charge < -0.3 is 14.2 Å². The van der Waals surface area contributed by atoms with E-state index in [0.717, 1.165) is 25.9 Å². The van der Waals surface area contributed by atoms with E-state index in [0.29, 0.717) is 37.1 Å². The topological polar surface area (TPSA) is 65.8 Å². The Morgan fingerprint density at radius 2 is 2.09 bits per heavy atom. The van der Waals surface area contributed by atoms with Crippen LogP contribution in [0.25, 0.3) is 0 Å². The van der Waals surface area contributed by atoms with E-state index in [2.05, 4.69) is 23.8 Å². The van der Waals surface area contributed by atoms with Crippen LogP contribution in [-0.4, -0.2) is 41.7 Å². The Labute approximate surface area is 195 Å². The first kappa shape index (κ1) is 23.3. The normalized spacial score (nSPS) is 18.7. The number of amides is 1. The lowest BCUT2D eigenvalue weighted by atomic mass is 10.1. The molecule has 0 radical (unpaired) electrons. The standard InChI is InChI=1S/C26H33N3O4/c1-3-14-29(22-18-27-28(19-22)15-17-32-25-7-5-6-16-31-25)26(30)24(4-2)33-23-12-10-21(11-13-23)20-8-9-20/h3-4,10-13,18-20,25H,1,5-9,14-17H2,2H3. The summed E-state index contributed by atoms with van der Waals surface area (Å²) in [6.07, 6.45) is 12.4. The van der Waals surface area contributed by atoms with E-state index in [1.165, 1.54) is 18.4 Å². The summed E-state index contributed by atoms with van der Waals surface area (Å²) in [5, 5.41) is 4.39. The SMILES string of the molecule is C=CCN(C(=O)C(=CC)Oc1ccc(C2CC2)cc1)c1cnn(CCOC2CCCCO2)c1. The predicted octanol–water partition coefficient (Wildman–Crippen LogP) is 4.81. The van der Waals surface area contributed by atoms with Crippen molar-refractivity contribution in [1.82, 2.24) is 9.78 Å². The van der Waals surface area contributed by atoms with E-state index in [9.17, 15) is 4.79 Å². The van der Waals surface area contributed by atoms with Gasteiger partial charge in [0.15, 0.2) is 12.0 Å². The van der Waals surface area contributed by atoms with E-state index in [4.69, 9.17) is 14.2 Å². The van der Waals surface area contributed by atoms with Gasteiger partial charge in [-0.05, 0) is 68.7 Å². The fourth-order valence-corrected chi connectivity index (χ4v) is 3.88. The molecule has 33 heavy (non-hydrogen) atoms. The Bertz CT molecular complexity index is 956. The molecule has 2 aliphatic rings. The molecule has 1 amide bonds. The van der Waals surface area contributed by atoms with Crippen LogP contribution in [0.1, 0.15) is 50.5 Å². The predicted molar refractivity (Wildman–Crippen MR) is 127 cm³/mol. The fraction of sp³-hybridized carbons (Fsp3) is 0.462. The van der Waals surface area contributed by atoms with E-state index < -0.39 is 0 Å². The zero-order valence-corrected chi connectivity index (χ0v) is 19.3. The molecule has 2 fully saturated rings. The van der Waals surface area contributed by atoms with E-state index in [1.807, 2.05) is 18.3 Å². The minimum Gasteiger partial charge on any atom is -0.452 e. The quantitative estimate of drug-likeness (QED) is 0.279. The van der Waals surface area contributed by atoms with Crippen LogP contribution in [0, 0.1) is 0 Å². The van der Waals surface area contributed by atoms with Crippen LogP contribution < -0.4 is 9.64 Å². The van der Waals surface area contributed by atoms with Crippen LogP contribution >= 0.6 is 0 Å². The molecule has 1 aliphatic heterocycles. The maximum absolute atomic E-state index is 13.3. The van der Waals surface area contributed by atoms with Crippen molar-refractivity contribution in [2.24, 2.45) is 0 Å². The Balaban J connectivity index is 1.36. The van der Waals surface area contributed by atoms with Crippen molar-refractivity contribution in [2.45, 2.75) is 57.8 Å². The van der Waals surface area contributed by atoms with Crippen molar-refractivity contribution in [2.75, 3.05) is 24.7 Å². The number of ether oxygens (including phenoxy) is 3. The molecular weight excluding hydrogens is 418 g/mol. The molecule has 0 N–H and O–H groups in total. The second-order valence-electron chi connectivity index (χ2n) is 8.43. The summed E-state index contributed by atoms with van der Waals surface area (Å²) < 4.78 is 19.1. The smallest absolute Gasteiger partial charge is 0.294 e. The summed E-state index contributed by atoms with van der Waals surface area (Å²) in [4.78, 5) is 14.9. The number of carbonyl (C=O) groups is 1. The number of carbonyl (C=O) groups excluding carboxylic acids is 1. The van der Waals surface area contributed by atoms with Gasteiger partial charge in [-0.15, -0.1) is 6.58 Å². The van der Waals surface area contributed by atoms with Crippen molar-refractivity contribution in [3.05, 3.63) is 66.7 Å². The Morgan fingerprint density at radius 3 is 2.76 bits per heavy atom. The Kier molecular flexibility index (Phi) is 7.96. The van der Waals surface area contributed by atoms with Crippen molar-refractivity contribution in [3.8, 4) is 5.75 Å². The van der Waals surface area contributed by atoms with Crippen molar-refractivity contribution < 1.29 is 19.0 Å². The van der Waals surface area contributed by atoms with Crippen molar-refractivity contribution in [3.63, 3.8) is 0 Å². The lowest BCUT2D eigenvalue weighted by Crippen LogP contribution is -2.33. The second kappa shape index (κ2) is 11.3. The van der Waals surface area contributed by atoms with Crippen LogP contribution in [0.5, 0.6) is 5.75 Å². The molecule has 2 heterocycles. The molecule has 1 unspecified atom stereocenters. The molecule has 1 aromatic carbocycles. The van der Waals surface area contributed by atoms with Crippen LogP contribution in [-0.2, 0) is 20.8 Å². The fourth-order valence-electron chi connectivity index (χ4n) is 3.88. The molecule has 0 bridgehead atoms. The number of hydrogen-bond donors (Lipinski definition) is 0. The minimum atomic E-state index is -0.241. The zero-order valence-electron chi connectivity index (χ0n) is 19.3. The van der Waals surface area contributed by atoms with Gasteiger partial charge in [-0.25, -0.2) is 0 Å². The first-order valence-corrected chi connectivity index (χ1v) is 11.8. The maximum Gasteiger partial charge on any atom is 0.294 e. The molecule has 1 saturated carbocycles. The van der Waals surface area contributed by atoms with Crippen molar-refractivity contribution in [1.29, 1.82) is 0 Å². The number of rotatable bonds is 11. The molecule has 7 nitrogen and oxygen atoms in total. The number of hydrogen-bond acceptors (Lipinski definition) is 5. The third kappa shape index (κ3) is 6.33. The number of aromatic nitrogens is 2.